The van der Waals surface area contributed by atoms with Crippen LogP contribution in [-0.4, -0.2) is 25.9 Å². The molecule has 20 heavy (non-hydrogen) atoms. The molecule has 110 valence electrons. The Hall–Kier alpha value is -1.22. The Labute approximate surface area is 121 Å². The van der Waals surface area contributed by atoms with Crippen LogP contribution in [0.25, 0.3) is 0 Å². The van der Waals surface area contributed by atoms with Gasteiger partial charge in [-0.25, -0.2) is 13.1 Å². The molecule has 1 saturated carbocycles. The summed E-state index contributed by atoms with van der Waals surface area (Å²) >= 11 is 5.80. The lowest BCUT2D eigenvalue weighted by Crippen LogP contribution is -2.38. The summed E-state index contributed by atoms with van der Waals surface area (Å²) in [7, 11) is -3.91. The van der Waals surface area contributed by atoms with E-state index in [-0.39, 0.29) is 28.2 Å². The predicted octanol–water partition coefficient (Wildman–Crippen LogP) is 1.26. The van der Waals surface area contributed by atoms with Crippen molar-refractivity contribution in [2.75, 3.05) is 6.54 Å². The zero-order valence-corrected chi connectivity index (χ0v) is 12.0. The highest BCUT2D eigenvalue weighted by molar-refractivity contribution is 7.89. The number of hydrogen-bond acceptors (Lipinski definition) is 5. The summed E-state index contributed by atoms with van der Waals surface area (Å²) in [5, 5.41) is 10.6. The molecule has 1 atom stereocenters. The monoisotopic (exact) mass is 319 g/mol. The molecule has 1 fully saturated rings. The highest BCUT2D eigenvalue weighted by Gasteiger charge is 2.30. The maximum atomic E-state index is 12.1. The number of nitrogens with one attached hydrogen (secondary N) is 1. The number of sulfonamides is 1. The molecule has 1 aliphatic carbocycles. The lowest BCUT2D eigenvalue weighted by molar-refractivity contribution is -0.385. The Kier molecular flexibility index (Phi) is 4.28. The summed E-state index contributed by atoms with van der Waals surface area (Å²) in [5.41, 5.74) is 5.48. The summed E-state index contributed by atoms with van der Waals surface area (Å²) in [4.78, 5) is 9.70. The van der Waals surface area contributed by atoms with Gasteiger partial charge in [-0.05, 0) is 24.8 Å². The molecule has 2 rings (SSSR count). The van der Waals surface area contributed by atoms with E-state index in [9.17, 15) is 18.5 Å². The van der Waals surface area contributed by atoms with Crippen LogP contribution >= 0.6 is 11.6 Å². The fourth-order valence-electron chi connectivity index (χ4n) is 1.79. The van der Waals surface area contributed by atoms with Crippen LogP contribution in [0.4, 0.5) is 5.69 Å². The number of nitro groups is 1. The van der Waals surface area contributed by atoms with E-state index in [0.717, 1.165) is 25.0 Å². The Morgan fingerprint density at radius 3 is 2.70 bits per heavy atom. The molecular weight excluding hydrogens is 306 g/mol. The SMILES string of the molecule is NC(CNS(=O)(=O)c1cc([N+](=O)[O-])ccc1Cl)C1CC1. The zero-order valence-electron chi connectivity index (χ0n) is 10.5. The van der Waals surface area contributed by atoms with E-state index < -0.39 is 14.9 Å². The van der Waals surface area contributed by atoms with Crippen LogP contribution in [0.5, 0.6) is 0 Å². The van der Waals surface area contributed by atoms with Crippen molar-refractivity contribution in [2.45, 2.75) is 23.8 Å². The number of nitrogens with zero attached hydrogens (tertiary/aromatic N) is 1. The predicted molar refractivity (Wildman–Crippen MR) is 74.0 cm³/mol. The number of nitrogens with two attached hydrogens (primary N) is 1. The van der Waals surface area contributed by atoms with Gasteiger partial charge in [-0.3, -0.25) is 10.1 Å². The summed E-state index contributed by atoms with van der Waals surface area (Å²) < 4.78 is 26.5. The second kappa shape index (κ2) is 5.65. The van der Waals surface area contributed by atoms with Crippen molar-refractivity contribution in [3.8, 4) is 0 Å². The number of benzene rings is 1. The van der Waals surface area contributed by atoms with E-state index in [0.29, 0.717) is 5.92 Å². The van der Waals surface area contributed by atoms with Gasteiger partial charge >= 0.3 is 0 Å². The van der Waals surface area contributed by atoms with Crippen molar-refractivity contribution in [3.63, 3.8) is 0 Å². The third kappa shape index (κ3) is 3.45. The van der Waals surface area contributed by atoms with Gasteiger partial charge < -0.3 is 5.73 Å². The summed E-state index contributed by atoms with van der Waals surface area (Å²) in [6, 6.07) is 3.03. The van der Waals surface area contributed by atoms with E-state index in [1.54, 1.807) is 0 Å². The zero-order chi connectivity index (χ0) is 14.9. The molecule has 0 aromatic heterocycles. The quantitative estimate of drug-likeness (QED) is 0.605. The Balaban J connectivity index is 2.19. The number of hydrogen-bond donors (Lipinski definition) is 2. The number of non-ortho nitro benzene ring substituents is 1. The summed E-state index contributed by atoms with van der Waals surface area (Å²) in [6.45, 7) is 0.0893. The van der Waals surface area contributed by atoms with Gasteiger partial charge in [0.15, 0.2) is 0 Å². The maximum absolute atomic E-state index is 12.1. The van der Waals surface area contributed by atoms with Gasteiger partial charge in [-0.1, -0.05) is 11.6 Å². The van der Waals surface area contributed by atoms with Crippen molar-refractivity contribution < 1.29 is 13.3 Å². The number of rotatable bonds is 6. The lowest BCUT2D eigenvalue weighted by atomic mass is 10.2. The van der Waals surface area contributed by atoms with Crippen molar-refractivity contribution in [1.29, 1.82) is 0 Å². The molecule has 1 aromatic carbocycles. The van der Waals surface area contributed by atoms with Crippen molar-refractivity contribution in [1.82, 2.24) is 4.72 Å². The first-order valence-corrected chi connectivity index (χ1v) is 7.86. The van der Waals surface area contributed by atoms with Gasteiger partial charge in [0, 0.05) is 24.7 Å². The van der Waals surface area contributed by atoms with Crippen molar-refractivity contribution >= 4 is 27.3 Å². The minimum absolute atomic E-state index is 0.0666. The molecule has 0 heterocycles. The average molecular weight is 320 g/mol. The lowest BCUT2D eigenvalue weighted by Gasteiger charge is -2.12. The normalized spacial score (nSPS) is 16.9. The summed E-state index contributed by atoms with van der Waals surface area (Å²) in [5.74, 6) is 0.346. The van der Waals surface area contributed by atoms with Gasteiger partial charge in [-0.15, -0.1) is 0 Å². The Bertz CT molecular complexity index is 631. The topological polar surface area (TPSA) is 115 Å². The first kappa shape index (κ1) is 15.2. The molecule has 0 radical (unpaired) electrons. The van der Waals surface area contributed by atoms with E-state index in [2.05, 4.69) is 4.72 Å². The molecule has 0 aliphatic heterocycles. The Morgan fingerprint density at radius 2 is 2.15 bits per heavy atom. The highest BCUT2D eigenvalue weighted by Crippen LogP contribution is 2.31. The molecular formula is C11H14ClN3O4S. The van der Waals surface area contributed by atoms with Crippen LogP contribution in [0, 0.1) is 16.0 Å². The standard InChI is InChI=1S/C11H14ClN3O4S/c12-9-4-3-8(15(16)17)5-11(9)20(18,19)14-6-10(13)7-1-2-7/h3-5,7,10,14H,1-2,6,13H2. The molecule has 7 nitrogen and oxygen atoms in total. The average Bonchev–Trinajstić information content (AvgIpc) is 3.20. The third-order valence-electron chi connectivity index (χ3n) is 3.15. The van der Waals surface area contributed by atoms with Crippen LogP contribution < -0.4 is 10.5 Å². The van der Waals surface area contributed by atoms with Crippen LogP contribution in [0.3, 0.4) is 0 Å². The third-order valence-corrected chi connectivity index (χ3v) is 5.06. The van der Waals surface area contributed by atoms with Gasteiger partial charge in [0.25, 0.3) is 5.69 Å². The molecule has 1 unspecified atom stereocenters. The molecule has 3 N–H and O–H groups in total. The molecule has 1 aliphatic rings. The van der Waals surface area contributed by atoms with Gasteiger partial charge in [0.2, 0.25) is 10.0 Å². The van der Waals surface area contributed by atoms with Crippen LogP contribution in [-0.2, 0) is 10.0 Å². The van der Waals surface area contributed by atoms with Gasteiger partial charge in [0.05, 0.1) is 9.95 Å². The van der Waals surface area contributed by atoms with Gasteiger partial charge in [0.1, 0.15) is 4.90 Å². The molecule has 0 saturated heterocycles. The molecule has 1 aromatic rings. The van der Waals surface area contributed by atoms with Crippen molar-refractivity contribution in [3.05, 3.63) is 33.3 Å². The minimum Gasteiger partial charge on any atom is -0.326 e. The molecule has 9 heteroatoms. The second-order valence-electron chi connectivity index (χ2n) is 4.73. The Morgan fingerprint density at radius 1 is 1.50 bits per heavy atom. The number of halogens is 1. The van der Waals surface area contributed by atoms with Crippen molar-refractivity contribution in [2.24, 2.45) is 11.7 Å². The van der Waals surface area contributed by atoms with E-state index in [1.165, 1.54) is 6.07 Å². The van der Waals surface area contributed by atoms with E-state index in [1.807, 2.05) is 0 Å². The van der Waals surface area contributed by atoms with Crippen LogP contribution in [0.15, 0.2) is 23.1 Å². The van der Waals surface area contributed by atoms with E-state index in [4.69, 9.17) is 17.3 Å². The number of nitro benzene ring substituents is 1. The van der Waals surface area contributed by atoms with Gasteiger partial charge in [-0.2, -0.15) is 0 Å². The second-order valence-corrected chi connectivity index (χ2v) is 6.87. The van der Waals surface area contributed by atoms with Crippen LogP contribution in [0.2, 0.25) is 5.02 Å². The molecule has 0 amide bonds. The summed E-state index contributed by atoms with van der Waals surface area (Å²) in [6.07, 6.45) is 2.00. The fraction of sp³-hybridized carbons (Fsp3) is 0.455. The largest absolute Gasteiger partial charge is 0.326 e. The highest BCUT2D eigenvalue weighted by atomic mass is 35.5. The first-order chi connectivity index (χ1) is 9.31. The molecule has 0 spiro atoms. The molecule has 0 bridgehead atoms. The van der Waals surface area contributed by atoms with Crippen LogP contribution in [0.1, 0.15) is 12.8 Å². The van der Waals surface area contributed by atoms with E-state index >= 15 is 0 Å². The smallest absolute Gasteiger partial charge is 0.270 e. The minimum atomic E-state index is -3.91. The fourth-order valence-corrected chi connectivity index (χ4v) is 3.38. The maximum Gasteiger partial charge on any atom is 0.270 e. The first-order valence-electron chi connectivity index (χ1n) is 6.00.